The first-order chi connectivity index (χ1) is 9.31. The fraction of sp³-hybridized carbons (Fsp3) is 0.600. The summed E-state index contributed by atoms with van der Waals surface area (Å²) in [5.74, 6) is 0.956. The van der Waals surface area contributed by atoms with Gasteiger partial charge in [-0.1, -0.05) is 36.7 Å². The highest BCUT2D eigenvalue weighted by Crippen LogP contribution is 2.27. The minimum atomic E-state index is 0.525. The molecule has 1 aliphatic heterocycles. The fourth-order valence-corrected chi connectivity index (χ4v) is 3.84. The Morgan fingerprint density at radius 2 is 2.26 bits per heavy atom. The molecule has 19 heavy (non-hydrogen) atoms. The van der Waals surface area contributed by atoms with Crippen molar-refractivity contribution < 1.29 is 4.74 Å². The van der Waals surface area contributed by atoms with Gasteiger partial charge < -0.3 is 10.1 Å². The number of hydrogen-bond donors (Lipinski definition) is 1. The fourth-order valence-electron chi connectivity index (χ4n) is 2.25. The van der Waals surface area contributed by atoms with Crippen molar-refractivity contribution in [3.05, 3.63) is 34.9 Å². The molecule has 2 atom stereocenters. The summed E-state index contributed by atoms with van der Waals surface area (Å²) in [7, 11) is 0. The van der Waals surface area contributed by atoms with Gasteiger partial charge in [0.15, 0.2) is 0 Å². The highest BCUT2D eigenvalue weighted by molar-refractivity contribution is 7.99. The van der Waals surface area contributed by atoms with Gasteiger partial charge in [-0.15, -0.1) is 11.8 Å². The van der Waals surface area contributed by atoms with Gasteiger partial charge in [-0.25, -0.2) is 0 Å². The van der Waals surface area contributed by atoms with Gasteiger partial charge in [-0.05, 0) is 31.0 Å². The van der Waals surface area contributed by atoms with Crippen molar-refractivity contribution >= 4 is 23.4 Å². The lowest BCUT2D eigenvalue weighted by Crippen LogP contribution is -2.45. The Balaban J connectivity index is 1.87. The van der Waals surface area contributed by atoms with Crippen LogP contribution in [0.5, 0.6) is 0 Å². The molecule has 1 heterocycles. The van der Waals surface area contributed by atoms with Crippen molar-refractivity contribution in [2.75, 3.05) is 19.8 Å². The standard InChI is InChI=1S/C15H22ClNOS/c1-2-8-17-14-7-9-18-10-15(14)19-11-12-5-3-4-6-13(12)16/h3-6,14-15,17H,2,7-11H2,1H3. The van der Waals surface area contributed by atoms with Crippen LogP contribution in [0.3, 0.4) is 0 Å². The van der Waals surface area contributed by atoms with E-state index < -0.39 is 0 Å². The number of halogens is 1. The van der Waals surface area contributed by atoms with Crippen molar-refractivity contribution in [2.24, 2.45) is 0 Å². The second kappa shape index (κ2) is 8.15. The number of hydrogen-bond acceptors (Lipinski definition) is 3. The average molecular weight is 300 g/mol. The Morgan fingerprint density at radius 3 is 3.05 bits per heavy atom. The first kappa shape index (κ1) is 15.2. The molecule has 1 aromatic carbocycles. The summed E-state index contributed by atoms with van der Waals surface area (Å²) in [4.78, 5) is 0. The van der Waals surface area contributed by atoms with Gasteiger partial charge in [0.1, 0.15) is 0 Å². The van der Waals surface area contributed by atoms with Crippen LogP contribution in [0.15, 0.2) is 24.3 Å². The molecule has 2 rings (SSSR count). The summed E-state index contributed by atoms with van der Waals surface area (Å²) < 4.78 is 5.62. The molecule has 1 aliphatic rings. The molecule has 0 spiro atoms. The lowest BCUT2D eigenvalue weighted by atomic mass is 10.1. The van der Waals surface area contributed by atoms with E-state index in [1.54, 1.807) is 0 Å². The summed E-state index contributed by atoms with van der Waals surface area (Å²) in [5, 5.41) is 5.03. The van der Waals surface area contributed by atoms with E-state index in [-0.39, 0.29) is 0 Å². The lowest BCUT2D eigenvalue weighted by molar-refractivity contribution is 0.0833. The second-order valence-electron chi connectivity index (χ2n) is 4.87. The highest BCUT2D eigenvalue weighted by atomic mass is 35.5. The second-order valence-corrected chi connectivity index (χ2v) is 6.50. The SMILES string of the molecule is CCCNC1CCOCC1SCc1ccccc1Cl. The third kappa shape index (κ3) is 4.67. The zero-order valence-corrected chi connectivity index (χ0v) is 13.0. The Morgan fingerprint density at radius 1 is 1.42 bits per heavy atom. The van der Waals surface area contributed by atoms with E-state index in [0.29, 0.717) is 11.3 Å². The van der Waals surface area contributed by atoms with Gasteiger partial charge in [0, 0.05) is 28.7 Å². The maximum Gasteiger partial charge on any atom is 0.0600 e. The van der Waals surface area contributed by atoms with Gasteiger partial charge in [0.2, 0.25) is 0 Å². The summed E-state index contributed by atoms with van der Waals surface area (Å²) in [5.41, 5.74) is 1.22. The van der Waals surface area contributed by atoms with Crippen LogP contribution in [0.2, 0.25) is 5.02 Å². The maximum atomic E-state index is 6.20. The number of ether oxygens (including phenoxy) is 1. The van der Waals surface area contributed by atoms with Crippen molar-refractivity contribution in [3.63, 3.8) is 0 Å². The van der Waals surface area contributed by atoms with Gasteiger partial charge in [-0.2, -0.15) is 0 Å². The Bertz CT molecular complexity index is 388. The summed E-state index contributed by atoms with van der Waals surface area (Å²) in [6, 6.07) is 8.66. The van der Waals surface area contributed by atoms with E-state index in [1.807, 2.05) is 30.0 Å². The largest absolute Gasteiger partial charge is 0.380 e. The summed E-state index contributed by atoms with van der Waals surface area (Å²) >= 11 is 8.15. The first-order valence-corrected chi connectivity index (χ1v) is 8.40. The molecule has 0 radical (unpaired) electrons. The van der Waals surface area contributed by atoms with Crippen LogP contribution in [-0.4, -0.2) is 31.1 Å². The van der Waals surface area contributed by atoms with E-state index in [2.05, 4.69) is 18.3 Å². The Labute approximate surface area is 125 Å². The molecule has 1 aromatic rings. The van der Waals surface area contributed by atoms with Crippen molar-refractivity contribution in [2.45, 2.75) is 36.8 Å². The number of rotatable bonds is 6. The van der Waals surface area contributed by atoms with Gasteiger partial charge >= 0.3 is 0 Å². The molecule has 0 bridgehead atoms. The van der Waals surface area contributed by atoms with Crippen LogP contribution >= 0.6 is 23.4 Å². The molecule has 2 nitrogen and oxygen atoms in total. The van der Waals surface area contributed by atoms with Crippen molar-refractivity contribution in [3.8, 4) is 0 Å². The zero-order valence-electron chi connectivity index (χ0n) is 11.4. The van der Waals surface area contributed by atoms with Crippen LogP contribution in [0.1, 0.15) is 25.3 Å². The van der Waals surface area contributed by atoms with Crippen LogP contribution < -0.4 is 5.32 Å². The quantitative estimate of drug-likeness (QED) is 0.865. The average Bonchev–Trinajstić information content (AvgIpc) is 2.45. The molecule has 2 unspecified atom stereocenters. The number of nitrogens with one attached hydrogen (secondary N) is 1. The molecule has 1 N–H and O–H groups in total. The predicted molar refractivity (Wildman–Crippen MR) is 84.1 cm³/mol. The minimum absolute atomic E-state index is 0.525. The molecule has 0 aliphatic carbocycles. The van der Waals surface area contributed by atoms with Crippen LogP contribution in [0, 0.1) is 0 Å². The van der Waals surface area contributed by atoms with Crippen molar-refractivity contribution in [1.29, 1.82) is 0 Å². The predicted octanol–water partition coefficient (Wildman–Crippen LogP) is 3.73. The van der Waals surface area contributed by atoms with E-state index in [1.165, 1.54) is 12.0 Å². The number of thioether (sulfide) groups is 1. The molecule has 0 amide bonds. The molecule has 1 fully saturated rings. The Hall–Kier alpha value is -0.220. The van der Waals surface area contributed by atoms with E-state index >= 15 is 0 Å². The number of benzene rings is 1. The van der Waals surface area contributed by atoms with Crippen LogP contribution in [-0.2, 0) is 10.5 Å². The third-order valence-electron chi connectivity index (χ3n) is 3.37. The first-order valence-electron chi connectivity index (χ1n) is 6.97. The topological polar surface area (TPSA) is 21.3 Å². The third-order valence-corrected chi connectivity index (χ3v) is 5.11. The maximum absolute atomic E-state index is 6.20. The smallest absolute Gasteiger partial charge is 0.0600 e. The molecule has 1 saturated heterocycles. The molecular formula is C15H22ClNOS. The molecule has 106 valence electrons. The highest BCUT2D eigenvalue weighted by Gasteiger charge is 2.25. The summed E-state index contributed by atoms with van der Waals surface area (Å²) in [6.45, 7) is 5.02. The molecular weight excluding hydrogens is 278 g/mol. The molecule has 4 heteroatoms. The van der Waals surface area contributed by atoms with Crippen LogP contribution in [0.4, 0.5) is 0 Å². The summed E-state index contributed by atoms with van der Waals surface area (Å²) in [6.07, 6.45) is 2.29. The van der Waals surface area contributed by atoms with Crippen LogP contribution in [0.25, 0.3) is 0 Å². The molecule has 0 saturated carbocycles. The Kier molecular flexibility index (Phi) is 6.51. The van der Waals surface area contributed by atoms with Gasteiger partial charge in [0.25, 0.3) is 0 Å². The minimum Gasteiger partial charge on any atom is -0.380 e. The zero-order chi connectivity index (χ0) is 13.5. The monoisotopic (exact) mass is 299 g/mol. The molecule has 0 aromatic heterocycles. The van der Waals surface area contributed by atoms with E-state index in [0.717, 1.165) is 37.0 Å². The normalized spacial score (nSPS) is 23.5. The van der Waals surface area contributed by atoms with Crippen molar-refractivity contribution in [1.82, 2.24) is 5.32 Å². The van der Waals surface area contributed by atoms with E-state index in [9.17, 15) is 0 Å². The van der Waals surface area contributed by atoms with Gasteiger partial charge in [0.05, 0.1) is 6.61 Å². The van der Waals surface area contributed by atoms with E-state index in [4.69, 9.17) is 16.3 Å². The lowest BCUT2D eigenvalue weighted by Gasteiger charge is -2.32. The van der Waals surface area contributed by atoms with Gasteiger partial charge in [-0.3, -0.25) is 0 Å².